The van der Waals surface area contributed by atoms with Crippen molar-refractivity contribution < 1.29 is 0 Å². The highest BCUT2D eigenvalue weighted by Gasteiger charge is 1.78. The molecule has 0 amide bonds. The van der Waals surface area contributed by atoms with Crippen LogP contribution in [0.3, 0.4) is 0 Å². The molecule has 0 bridgehead atoms. The average molecular weight is 183 g/mol. The quantitative estimate of drug-likeness (QED) is 0.450. The summed E-state index contributed by atoms with van der Waals surface area (Å²) in [6.07, 6.45) is 6.09. The molecule has 0 saturated carbocycles. The van der Waals surface area contributed by atoms with Gasteiger partial charge in [-0.05, 0) is 12.8 Å². The van der Waals surface area contributed by atoms with E-state index in [0.717, 1.165) is 39.0 Å². The topological polar surface area (TPSA) is 36.8 Å². The van der Waals surface area contributed by atoms with E-state index in [0.29, 0.717) is 0 Å². The zero-order valence-corrected chi connectivity index (χ0v) is 8.79. The molecule has 0 radical (unpaired) electrons. The highest BCUT2D eigenvalue weighted by Crippen LogP contribution is 1.75. The van der Waals surface area contributed by atoms with Gasteiger partial charge in [0, 0.05) is 38.6 Å². The highest BCUT2D eigenvalue weighted by molar-refractivity contribution is 5.63. The maximum Gasteiger partial charge on any atom is 0.0383 e. The molecule has 0 fully saturated rings. The van der Waals surface area contributed by atoms with E-state index in [2.05, 4.69) is 29.1 Å². The van der Waals surface area contributed by atoms with Crippen molar-refractivity contribution in [3.8, 4) is 0 Å². The second-order valence-electron chi connectivity index (χ2n) is 2.84. The SMILES string of the molecule is CCCN=CCNCC=NCCC. The Hall–Kier alpha value is -0.700. The first-order valence-corrected chi connectivity index (χ1v) is 5.09. The number of nitrogens with zero attached hydrogens (tertiary/aromatic N) is 2. The Kier molecular flexibility index (Phi) is 10.7. The molecule has 3 nitrogen and oxygen atoms in total. The second-order valence-corrected chi connectivity index (χ2v) is 2.84. The Labute approximate surface area is 81.4 Å². The molecule has 0 rings (SSSR count). The lowest BCUT2D eigenvalue weighted by Crippen LogP contribution is -2.18. The molecule has 0 aliphatic heterocycles. The van der Waals surface area contributed by atoms with Crippen molar-refractivity contribution in [3.63, 3.8) is 0 Å². The van der Waals surface area contributed by atoms with Gasteiger partial charge in [0.05, 0.1) is 0 Å². The number of nitrogens with one attached hydrogen (secondary N) is 1. The van der Waals surface area contributed by atoms with Crippen molar-refractivity contribution in [2.75, 3.05) is 26.2 Å². The van der Waals surface area contributed by atoms with Crippen LogP contribution in [0, 0.1) is 0 Å². The van der Waals surface area contributed by atoms with Crippen LogP contribution >= 0.6 is 0 Å². The van der Waals surface area contributed by atoms with Gasteiger partial charge in [0.25, 0.3) is 0 Å². The molecule has 0 atom stereocenters. The summed E-state index contributed by atoms with van der Waals surface area (Å²) < 4.78 is 0. The minimum absolute atomic E-state index is 0.845. The van der Waals surface area contributed by atoms with Gasteiger partial charge in [-0.1, -0.05) is 13.8 Å². The summed E-state index contributed by atoms with van der Waals surface area (Å²) in [5, 5.41) is 3.20. The Balaban J connectivity index is 3.07. The van der Waals surface area contributed by atoms with Crippen molar-refractivity contribution in [2.45, 2.75) is 26.7 Å². The van der Waals surface area contributed by atoms with E-state index in [-0.39, 0.29) is 0 Å². The molecule has 3 heteroatoms. The molecule has 1 N–H and O–H groups in total. The third-order valence-corrected chi connectivity index (χ3v) is 1.43. The van der Waals surface area contributed by atoms with Crippen molar-refractivity contribution in [3.05, 3.63) is 0 Å². The summed E-state index contributed by atoms with van der Waals surface area (Å²) in [6, 6.07) is 0. The van der Waals surface area contributed by atoms with Gasteiger partial charge >= 0.3 is 0 Å². The summed E-state index contributed by atoms with van der Waals surface area (Å²) in [7, 11) is 0. The fourth-order valence-corrected chi connectivity index (χ4v) is 0.782. The monoisotopic (exact) mass is 183 g/mol. The number of rotatable bonds is 8. The summed E-state index contributed by atoms with van der Waals surface area (Å²) >= 11 is 0. The molecule has 0 saturated heterocycles. The van der Waals surface area contributed by atoms with E-state index in [1.807, 2.05) is 12.4 Å². The van der Waals surface area contributed by atoms with Crippen LogP contribution in [0.2, 0.25) is 0 Å². The van der Waals surface area contributed by atoms with Gasteiger partial charge in [0.1, 0.15) is 0 Å². The second kappa shape index (κ2) is 11.3. The van der Waals surface area contributed by atoms with Crippen molar-refractivity contribution >= 4 is 12.4 Å². The first-order chi connectivity index (χ1) is 6.41. The van der Waals surface area contributed by atoms with E-state index in [9.17, 15) is 0 Å². The van der Waals surface area contributed by atoms with Crippen LogP contribution < -0.4 is 5.32 Å². The summed E-state index contributed by atoms with van der Waals surface area (Å²) in [4.78, 5) is 8.38. The van der Waals surface area contributed by atoms with Crippen LogP contribution in [-0.4, -0.2) is 38.6 Å². The first-order valence-electron chi connectivity index (χ1n) is 5.09. The Morgan fingerprint density at radius 2 is 1.38 bits per heavy atom. The Morgan fingerprint density at radius 3 is 1.77 bits per heavy atom. The molecule has 13 heavy (non-hydrogen) atoms. The molecular weight excluding hydrogens is 162 g/mol. The van der Waals surface area contributed by atoms with Crippen molar-refractivity contribution in [2.24, 2.45) is 9.98 Å². The zero-order chi connectivity index (χ0) is 9.78. The number of aliphatic imine (C=N–C) groups is 2. The molecular formula is C10H21N3. The number of hydrogen-bond acceptors (Lipinski definition) is 3. The van der Waals surface area contributed by atoms with E-state index >= 15 is 0 Å². The lowest BCUT2D eigenvalue weighted by atomic mass is 10.5. The van der Waals surface area contributed by atoms with Gasteiger partial charge in [0.15, 0.2) is 0 Å². The Bertz CT molecular complexity index is 125. The fraction of sp³-hybridized carbons (Fsp3) is 0.800. The van der Waals surface area contributed by atoms with Crippen LogP contribution in [0.25, 0.3) is 0 Å². The molecule has 0 aromatic rings. The smallest absolute Gasteiger partial charge is 0.0383 e. The molecule has 0 aliphatic carbocycles. The van der Waals surface area contributed by atoms with E-state index in [1.54, 1.807) is 0 Å². The number of hydrogen-bond donors (Lipinski definition) is 1. The van der Waals surface area contributed by atoms with E-state index in [4.69, 9.17) is 0 Å². The van der Waals surface area contributed by atoms with Gasteiger partial charge < -0.3 is 5.32 Å². The summed E-state index contributed by atoms with van der Waals surface area (Å²) in [5.41, 5.74) is 0. The molecule has 0 aliphatic rings. The third kappa shape index (κ3) is 11.3. The molecule has 0 aromatic carbocycles. The molecule has 0 spiro atoms. The normalized spacial score (nSPS) is 11.8. The Morgan fingerprint density at radius 1 is 0.923 bits per heavy atom. The molecule has 0 aromatic heterocycles. The van der Waals surface area contributed by atoms with E-state index < -0.39 is 0 Å². The van der Waals surface area contributed by atoms with Gasteiger partial charge in [0.2, 0.25) is 0 Å². The standard InChI is InChI=1S/C10H21N3/c1-3-5-11-7-9-13-10-8-12-6-4-2/h7-8,13H,3-6,9-10H2,1-2H3. The maximum atomic E-state index is 4.19. The van der Waals surface area contributed by atoms with Crippen LogP contribution in [0.5, 0.6) is 0 Å². The molecule has 0 unspecified atom stereocenters. The predicted octanol–water partition coefficient (Wildman–Crippen LogP) is 1.54. The third-order valence-electron chi connectivity index (χ3n) is 1.43. The lowest BCUT2D eigenvalue weighted by molar-refractivity contribution is 0.876. The van der Waals surface area contributed by atoms with Crippen molar-refractivity contribution in [1.82, 2.24) is 5.32 Å². The zero-order valence-electron chi connectivity index (χ0n) is 8.79. The maximum absolute atomic E-state index is 4.19. The largest absolute Gasteiger partial charge is 0.307 e. The van der Waals surface area contributed by atoms with Crippen LogP contribution in [0.4, 0.5) is 0 Å². The van der Waals surface area contributed by atoms with Crippen LogP contribution in [0.1, 0.15) is 26.7 Å². The van der Waals surface area contributed by atoms with Gasteiger partial charge in [-0.15, -0.1) is 0 Å². The fourth-order valence-electron chi connectivity index (χ4n) is 0.782. The average Bonchev–Trinajstić information content (AvgIpc) is 2.16. The first kappa shape index (κ1) is 12.3. The van der Waals surface area contributed by atoms with Crippen LogP contribution in [-0.2, 0) is 0 Å². The lowest BCUT2D eigenvalue weighted by Gasteiger charge is -1.94. The summed E-state index contributed by atoms with van der Waals surface area (Å²) in [5.74, 6) is 0. The molecule has 76 valence electrons. The minimum atomic E-state index is 0.845. The van der Waals surface area contributed by atoms with Crippen molar-refractivity contribution in [1.29, 1.82) is 0 Å². The highest BCUT2D eigenvalue weighted by atomic mass is 14.9. The van der Waals surface area contributed by atoms with Gasteiger partial charge in [-0.2, -0.15) is 0 Å². The molecule has 0 heterocycles. The van der Waals surface area contributed by atoms with E-state index in [1.165, 1.54) is 0 Å². The van der Waals surface area contributed by atoms with Gasteiger partial charge in [-0.25, -0.2) is 0 Å². The van der Waals surface area contributed by atoms with Crippen LogP contribution in [0.15, 0.2) is 9.98 Å². The predicted molar refractivity (Wildman–Crippen MR) is 60.2 cm³/mol. The minimum Gasteiger partial charge on any atom is -0.307 e. The summed E-state index contributed by atoms with van der Waals surface area (Å²) in [6.45, 7) is 7.82. The van der Waals surface area contributed by atoms with Gasteiger partial charge in [-0.3, -0.25) is 9.98 Å².